The van der Waals surface area contributed by atoms with E-state index in [1.807, 2.05) is 6.07 Å². The quantitative estimate of drug-likeness (QED) is 0.638. The van der Waals surface area contributed by atoms with E-state index in [2.05, 4.69) is 0 Å². The number of alkyl halides is 1. The molecule has 94 valence electrons. The van der Waals surface area contributed by atoms with Gasteiger partial charge in [0.05, 0.1) is 5.69 Å². The Bertz CT molecular complexity index is 662. The van der Waals surface area contributed by atoms with Crippen LogP contribution in [-0.4, -0.2) is 15.0 Å². The molecule has 2 aromatic rings. The van der Waals surface area contributed by atoms with E-state index < -0.39 is 11.2 Å². The van der Waals surface area contributed by atoms with Crippen LogP contribution in [0.2, 0.25) is 5.15 Å². The van der Waals surface area contributed by atoms with E-state index in [9.17, 15) is 9.59 Å². The third-order valence-corrected chi connectivity index (χ3v) is 2.91. The Morgan fingerprint density at radius 2 is 1.78 bits per heavy atom. The van der Waals surface area contributed by atoms with E-state index >= 15 is 0 Å². The minimum Gasteiger partial charge on any atom is -0.269 e. The predicted octanol–water partition coefficient (Wildman–Crippen LogP) is 1.89. The second kappa shape index (κ2) is 5.42. The normalized spacial score (nSPS) is 10.6. The first-order valence-corrected chi connectivity index (χ1v) is 6.20. The molecule has 1 heterocycles. The molecule has 0 radical (unpaired) electrons. The van der Waals surface area contributed by atoms with Gasteiger partial charge in [-0.1, -0.05) is 29.8 Å². The molecule has 0 N–H and O–H groups in total. The summed E-state index contributed by atoms with van der Waals surface area (Å²) in [5.41, 5.74) is -0.326. The largest absolute Gasteiger partial charge is 0.336 e. The zero-order chi connectivity index (χ0) is 13.1. The average molecular weight is 285 g/mol. The Kier molecular flexibility index (Phi) is 3.89. The van der Waals surface area contributed by atoms with E-state index in [1.54, 1.807) is 24.3 Å². The maximum Gasteiger partial charge on any atom is 0.336 e. The number of benzene rings is 1. The topological polar surface area (TPSA) is 44.0 Å². The first-order chi connectivity index (χ1) is 8.65. The third kappa shape index (κ3) is 2.35. The molecular formula is C12H10Cl2N2O2. The van der Waals surface area contributed by atoms with Crippen molar-refractivity contribution in [2.45, 2.75) is 6.54 Å². The summed E-state index contributed by atoms with van der Waals surface area (Å²) < 4.78 is 2.33. The highest BCUT2D eigenvalue weighted by Crippen LogP contribution is 2.10. The summed E-state index contributed by atoms with van der Waals surface area (Å²) in [7, 11) is 0. The molecule has 0 saturated carbocycles. The average Bonchev–Trinajstić information content (AvgIpc) is 2.35. The lowest BCUT2D eigenvalue weighted by Gasteiger charge is -2.10. The van der Waals surface area contributed by atoms with Crippen molar-refractivity contribution in [3.05, 3.63) is 62.4 Å². The SMILES string of the molecule is O=c1cc(Cl)n(-c2ccccc2)c(=O)n1CCCl. The fraction of sp³-hybridized carbons (Fsp3) is 0.167. The molecule has 0 saturated heterocycles. The van der Waals surface area contributed by atoms with Crippen LogP contribution in [0, 0.1) is 0 Å². The molecule has 0 unspecified atom stereocenters. The molecule has 0 atom stereocenters. The van der Waals surface area contributed by atoms with Crippen LogP contribution >= 0.6 is 23.2 Å². The minimum absolute atomic E-state index is 0.0852. The van der Waals surface area contributed by atoms with Crippen LogP contribution in [0.1, 0.15) is 0 Å². The summed E-state index contributed by atoms with van der Waals surface area (Å²) >= 11 is 11.5. The highest BCUT2D eigenvalue weighted by atomic mass is 35.5. The highest BCUT2D eigenvalue weighted by Gasteiger charge is 2.10. The number of aromatic nitrogens is 2. The Hall–Kier alpha value is -1.52. The van der Waals surface area contributed by atoms with Crippen molar-refractivity contribution in [2.24, 2.45) is 0 Å². The van der Waals surface area contributed by atoms with E-state index in [0.29, 0.717) is 5.69 Å². The second-order valence-electron chi connectivity index (χ2n) is 3.60. The molecular weight excluding hydrogens is 275 g/mol. The lowest BCUT2D eigenvalue weighted by Crippen LogP contribution is -2.39. The summed E-state index contributed by atoms with van der Waals surface area (Å²) in [6.45, 7) is 0.156. The number of nitrogens with zero attached hydrogens (tertiary/aromatic N) is 2. The van der Waals surface area contributed by atoms with Crippen LogP contribution in [0.25, 0.3) is 5.69 Å². The van der Waals surface area contributed by atoms with Crippen LogP contribution in [0.15, 0.2) is 46.0 Å². The molecule has 0 amide bonds. The molecule has 0 bridgehead atoms. The van der Waals surface area contributed by atoms with Gasteiger partial charge in [-0.2, -0.15) is 0 Å². The van der Waals surface area contributed by atoms with Gasteiger partial charge in [0.25, 0.3) is 5.56 Å². The van der Waals surface area contributed by atoms with Crippen LogP contribution in [0.3, 0.4) is 0 Å². The van der Waals surface area contributed by atoms with Crippen LogP contribution in [0.4, 0.5) is 0 Å². The molecule has 1 aromatic heterocycles. The summed E-state index contributed by atoms with van der Waals surface area (Å²) in [5, 5.41) is 0.0852. The van der Waals surface area contributed by atoms with E-state index in [4.69, 9.17) is 23.2 Å². The van der Waals surface area contributed by atoms with Gasteiger partial charge in [0.1, 0.15) is 5.15 Å². The van der Waals surface area contributed by atoms with Gasteiger partial charge in [-0.15, -0.1) is 11.6 Å². The van der Waals surface area contributed by atoms with Crippen molar-refractivity contribution in [3.63, 3.8) is 0 Å². The molecule has 4 nitrogen and oxygen atoms in total. The highest BCUT2D eigenvalue weighted by molar-refractivity contribution is 6.29. The summed E-state index contributed by atoms with van der Waals surface area (Å²) in [6.07, 6.45) is 0. The van der Waals surface area contributed by atoms with Gasteiger partial charge >= 0.3 is 5.69 Å². The van der Waals surface area contributed by atoms with E-state index in [-0.39, 0.29) is 17.6 Å². The van der Waals surface area contributed by atoms with Gasteiger partial charge in [-0.3, -0.25) is 13.9 Å². The number of rotatable bonds is 3. The number of halogens is 2. The maximum atomic E-state index is 12.2. The first-order valence-electron chi connectivity index (χ1n) is 5.29. The van der Waals surface area contributed by atoms with Crippen molar-refractivity contribution in [1.29, 1.82) is 0 Å². The minimum atomic E-state index is -0.487. The van der Waals surface area contributed by atoms with Gasteiger partial charge in [0, 0.05) is 18.5 Å². The first kappa shape index (κ1) is 12.9. The Morgan fingerprint density at radius 3 is 2.39 bits per heavy atom. The molecule has 0 fully saturated rings. The summed E-state index contributed by atoms with van der Waals surface area (Å²) in [6, 6.07) is 10.1. The van der Waals surface area contributed by atoms with Gasteiger partial charge < -0.3 is 0 Å². The molecule has 18 heavy (non-hydrogen) atoms. The fourth-order valence-corrected chi connectivity index (χ4v) is 2.08. The van der Waals surface area contributed by atoms with Crippen molar-refractivity contribution < 1.29 is 0 Å². The van der Waals surface area contributed by atoms with Gasteiger partial charge in [0.15, 0.2) is 0 Å². The molecule has 1 aromatic carbocycles. The standard InChI is InChI=1S/C12H10Cl2N2O2/c13-6-7-15-11(17)8-10(14)16(12(15)18)9-4-2-1-3-5-9/h1-5,8H,6-7H2. The van der Waals surface area contributed by atoms with Gasteiger partial charge in [-0.25, -0.2) is 4.79 Å². The number of hydrogen-bond donors (Lipinski definition) is 0. The summed E-state index contributed by atoms with van der Waals surface area (Å²) in [5.74, 6) is 0.186. The molecule has 0 spiro atoms. The van der Waals surface area contributed by atoms with Crippen LogP contribution in [-0.2, 0) is 6.54 Å². The van der Waals surface area contributed by atoms with Gasteiger partial charge in [0.2, 0.25) is 0 Å². The zero-order valence-corrected chi connectivity index (χ0v) is 10.9. The van der Waals surface area contributed by atoms with E-state index in [1.165, 1.54) is 10.6 Å². The molecule has 2 rings (SSSR count). The third-order valence-electron chi connectivity index (χ3n) is 2.47. The Labute approximate surface area is 113 Å². The number of hydrogen-bond acceptors (Lipinski definition) is 2. The van der Waals surface area contributed by atoms with Crippen LogP contribution in [0.5, 0.6) is 0 Å². The summed E-state index contributed by atoms with van der Waals surface area (Å²) in [4.78, 5) is 23.8. The lowest BCUT2D eigenvalue weighted by atomic mass is 10.3. The lowest BCUT2D eigenvalue weighted by molar-refractivity contribution is 0.650. The predicted molar refractivity (Wildman–Crippen MR) is 72.0 cm³/mol. The van der Waals surface area contributed by atoms with E-state index in [0.717, 1.165) is 4.57 Å². The molecule has 0 aliphatic heterocycles. The Morgan fingerprint density at radius 1 is 1.11 bits per heavy atom. The Balaban J connectivity index is 2.73. The van der Waals surface area contributed by atoms with Gasteiger partial charge in [-0.05, 0) is 12.1 Å². The maximum absolute atomic E-state index is 12.2. The molecule has 6 heteroatoms. The molecule has 0 aliphatic carbocycles. The van der Waals surface area contributed by atoms with Crippen molar-refractivity contribution in [2.75, 3.05) is 5.88 Å². The number of para-hydroxylation sites is 1. The van der Waals surface area contributed by atoms with Crippen LogP contribution < -0.4 is 11.2 Å². The molecule has 0 aliphatic rings. The monoisotopic (exact) mass is 284 g/mol. The second-order valence-corrected chi connectivity index (χ2v) is 4.36. The van der Waals surface area contributed by atoms with Crippen molar-refractivity contribution in [3.8, 4) is 5.69 Å². The zero-order valence-electron chi connectivity index (χ0n) is 9.35. The van der Waals surface area contributed by atoms with Crippen molar-refractivity contribution >= 4 is 23.2 Å². The fourth-order valence-electron chi connectivity index (χ4n) is 1.65. The van der Waals surface area contributed by atoms with Crippen molar-refractivity contribution in [1.82, 2.24) is 9.13 Å². The smallest absolute Gasteiger partial charge is 0.269 e.